The summed E-state index contributed by atoms with van der Waals surface area (Å²) in [7, 11) is 0. The maximum Gasteiger partial charge on any atom is 0.345 e. The van der Waals surface area contributed by atoms with Crippen LogP contribution in [0.2, 0.25) is 0 Å². The third kappa shape index (κ3) is 4.78. The van der Waals surface area contributed by atoms with Gasteiger partial charge in [0.2, 0.25) is 0 Å². The standard InChI is InChI=1S/C11H12F2O4/c1-7(6-16-11(12)13)17-9-4-2-3-8(5-9)10(14)15/h2-5,7,11H,6H2,1H3,(H,14,15)/t7-/m0/s1. The van der Waals surface area contributed by atoms with E-state index >= 15 is 0 Å². The van der Waals surface area contributed by atoms with E-state index in [1.807, 2.05) is 0 Å². The minimum absolute atomic E-state index is 0.0736. The molecule has 0 heterocycles. The van der Waals surface area contributed by atoms with Gasteiger partial charge in [-0.2, -0.15) is 8.78 Å². The minimum atomic E-state index is -2.84. The predicted molar refractivity (Wildman–Crippen MR) is 55.4 cm³/mol. The molecule has 94 valence electrons. The van der Waals surface area contributed by atoms with Crippen LogP contribution in [0.15, 0.2) is 24.3 Å². The monoisotopic (exact) mass is 246 g/mol. The lowest BCUT2D eigenvalue weighted by atomic mass is 10.2. The zero-order chi connectivity index (χ0) is 12.8. The van der Waals surface area contributed by atoms with Crippen LogP contribution in [-0.2, 0) is 4.74 Å². The first-order valence-corrected chi connectivity index (χ1v) is 4.89. The molecule has 1 atom stereocenters. The highest BCUT2D eigenvalue weighted by atomic mass is 19.3. The van der Waals surface area contributed by atoms with Crippen molar-refractivity contribution in [2.45, 2.75) is 19.6 Å². The van der Waals surface area contributed by atoms with Gasteiger partial charge in [-0.15, -0.1) is 0 Å². The van der Waals surface area contributed by atoms with Gasteiger partial charge >= 0.3 is 12.6 Å². The van der Waals surface area contributed by atoms with Crippen LogP contribution in [0.1, 0.15) is 17.3 Å². The highest BCUT2D eigenvalue weighted by Crippen LogP contribution is 2.15. The summed E-state index contributed by atoms with van der Waals surface area (Å²) in [4.78, 5) is 10.7. The number of carboxylic acids is 1. The van der Waals surface area contributed by atoms with Crippen molar-refractivity contribution in [1.82, 2.24) is 0 Å². The van der Waals surface area contributed by atoms with Gasteiger partial charge in [0.25, 0.3) is 0 Å². The molecule has 1 rings (SSSR count). The molecule has 0 radical (unpaired) electrons. The van der Waals surface area contributed by atoms with Crippen LogP contribution in [0.5, 0.6) is 5.75 Å². The fourth-order valence-corrected chi connectivity index (χ4v) is 1.18. The van der Waals surface area contributed by atoms with Gasteiger partial charge in [-0.1, -0.05) is 6.07 Å². The number of ether oxygens (including phenoxy) is 2. The second-order valence-corrected chi connectivity index (χ2v) is 3.36. The molecule has 0 aliphatic carbocycles. The first-order chi connectivity index (χ1) is 7.99. The van der Waals surface area contributed by atoms with Crippen molar-refractivity contribution in [3.8, 4) is 5.75 Å². The normalized spacial score (nSPS) is 12.5. The van der Waals surface area contributed by atoms with E-state index in [1.165, 1.54) is 18.2 Å². The fraction of sp³-hybridized carbons (Fsp3) is 0.364. The van der Waals surface area contributed by atoms with Crippen molar-refractivity contribution in [2.24, 2.45) is 0 Å². The number of carboxylic acid groups (broad SMARTS) is 1. The summed E-state index contributed by atoms with van der Waals surface area (Å²) in [5, 5.41) is 8.74. The maximum absolute atomic E-state index is 11.7. The van der Waals surface area contributed by atoms with Crippen molar-refractivity contribution in [3.05, 3.63) is 29.8 Å². The molecule has 1 aromatic rings. The van der Waals surface area contributed by atoms with Gasteiger partial charge in [-0.25, -0.2) is 4.79 Å². The number of alkyl halides is 2. The molecule has 6 heteroatoms. The Balaban J connectivity index is 2.56. The summed E-state index contributed by atoms with van der Waals surface area (Å²) in [6.45, 7) is -1.56. The molecular weight excluding hydrogens is 234 g/mol. The Morgan fingerprint density at radius 1 is 1.47 bits per heavy atom. The number of aromatic carboxylic acids is 1. The molecule has 0 saturated heterocycles. The Kier molecular flexibility index (Phi) is 4.84. The first-order valence-electron chi connectivity index (χ1n) is 4.89. The van der Waals surface area contributed by atoms with Crippen LogP contribution in [0, 0.1) is 0 Å². The molecule has 0 amide bonds. The Morgan fingerprint density at radius 3 is 2.76 bits per heavy atom. The van der Waals surface area contributed by atoms with Crippen LogP contribution in [0.4, 0.5) is 8.78 Å². The third-order valence-electron chi connectivity index (χ3n) is 1.88. The number of hydrogen-bond donors (Lipinski definition) is 1. The Labute approximate surface area is 96.8 Å². The Hall–Kier alpha value is -1.69. The zero-order valence-corrected chi connectivity index (χ0v) is 9.10. The van der Waals surface area contributed by atoms with Crippen molar-refractivity contribution in [1.29, 1.82) is 0 Å². The van der Waals surface area contributed by atoms with Crippen molar-refractivity contribution in [3.63, 3.8) is 0 Å². The van der Waals surface area contributed by atoms with Crippen LogP contribution in [0.25, 0.3) is 0 Å². The Bertz CT molecular complexity index is 381. The summed E-state index contributed by atoms with van der Waals surface area (Å²) in [5.74, 6) is -0.776. The van der Waals surface area contributed by atoms with Crippen molar-refractivity contribution < 1.29 is 28.2 Å². The lowest BCUT2D eigenvalue weighted by molar-refractivity contribution is -0.142. The topological polar surface area (TPSA) is 55.8 Å². The van der Waals surface area contributed by atoms with Crippen molar-refractivity contribution >= 4 is 5.97 Å². The summed E-state index contributed by atoms with van der Waals surface area (Å²) < 4.78 is 32.8. The average molecular weight is 246 g/mol. The number of hydrogen-bond acceptors (Lipinski definition) is 3. The van der Waals surface area contributed by atoms with Gasteiger partial charge < -0.3 is 14.6 Å². The molecule has 1 N–H and O–H groups in total. The van der Waals surface area contributed by atoms with E-state index < -0.39 is 18.7 Å². The zero-order valence-electron chi connectivity index (χ0n) is 9.10. The van der Waals surface area contributed by atoms with E-state index in [2.05, 4.69) is 4.74 Å². The first kappa shape index (κ1) is 13.4. The van der Waals surface area contributed by atoms with Crippen LogP contribution < -0.4 is 4.74 Å². The number of benzene rings is 1. The lowest BCUT2D eigenvalue weighted by Gasteiger charge is -2.14. The molecule has 17 heavy (non-hydrogen) atoms. The van der Waals surface area contributed by atoms with Gasteiger partial charge in [0.15, 0.2) is 0 Å². The third-order valence-corrected chi connectivity index (χ3v) is 1.88. The van der Waals surface area contributed by atoms with Gasteiger partial charge in [-0.3, -0.25) is 0 Å². The van der Waals surface area contributed by atoms with E-state index in [1.54, 1.807) is 13.0 Å². The van der Waals surface area contributed by atoms with Crippen LogP contribution >= 0.6 is 0 Å². The fourth-order valence-electron chi connectivity index (χ4n) is 1.18. The molecule has 0 saturated carbocycles. The van der Waals surface area contributed by atoms with E-state index in [-0.39, 0.29) is 12.2 Å². The van der Waals surface area contributed by atoms with E-state index in [0.29, 0.717) is 5.75 Å². The second kappa shape index (κ2) is 6.15. The number of rotatable bonds is 6. The molecule has 0 aliphatic heterocycles. The molecule has 0 bridgehead atoms. The van der Waals surface area contributed by atoms with Gasteiger partial charge in [0.05, 0.1) is 12.2 Å². The van der Waals surface area contributed by atoms with Crippen LogP contribution in [-0.4, -0.2) is 30.4 Å². The largest absolute Gasteiger partial charge is 0.488 e. The second-order valence-electron chi connectivity index (χ2n) is 3.36. The van der Waals surface area contributed by atoms with Crippen LogP contribution in [0.3, 0.4) is 0 Å². The number of carbonyl (C=O) groups is 1. The average Bonchev–Trinajstić information content (AvgIpc) is 2.26. The quantitative estimate of drug-likeness (QED) is 0.837. The van der Waals surface area contributed by atoms with E-state index in [4.69, 9.17) is 9.84 Å². The number of halogens is 2. The van der Waals surface area contributed by atoms with Gasteiger partial charge in [0, 0.05) is 0 Å². The molecule has 0 aliphatic rings. The van der Waals surface area contributed by atoms with Gasteiger partial charge in [-0.05, 0) is 25.1 Å². The highest BCUT2D eigenvalue weighted by molar-refractivity contribution is 5.87. The maximum atomic E-state index is 11.7. The molecular formula is C11H12F2O4. The Morgan fingerprint density at radius 2 is 2.18 bits per heavy atom. The summed E-state index contributed by atoms with van der Waals surface area (Å²) >= 11 is 0. The molecule has 0 spiro atoms. The molecule has 0 fully saturated rings. The highest BCUT2D eigenvalue weighted by Gasteiger charge is 2.10. The molecule has 0 unspecified atom stereocenters. The van der Waals surface area contributed by atoms with E-state index in [0.717, 1.165) is 0 Å². The summed E-state index contributed by atoms with van der Waals surface area (Å²) in [6.07, 6.45) is -0.590. The lowest BCUT2D eigenvalue weighted by Crippen LogP contribution is -2.20. The molecule has 4 nitrogen and oxygen atoms in total. The predicted octanol–water partition coefficient (Wildman–Crippen LogP) is 2.39. The van der Waals surface area contributed by atoms with Gasteiger partial charge in [0.1, 0.15) is 11.9 Å². The minimum Gasteiger partial charge on any atom is -0.488 e. The smallest absolute Gasteiger partial charge is 0.345 e. The summed E-state index contributed by atoms with van der Waals surface area (Å²) in [6, 6.07) is 5.79. The SMILES string of the molecule is C[C@@H](COC(F)F)Oc1cccc(C(=O)O)c1. The van der Waals surface area contributed by atoms with E-state index in [9.17, 15) is 13.6 Å². The molecule has 0 aromatic heterocycles. The molecule has 1 aromatic carbocycles. The van der Waals surface area contributed by atoms with Crippen molar-refractivity contribution in [2.75, 3.05) is 6.61 Å². The summed E-state index contributed by atoms with van der Waals surface area (Å²) in [5.41, 5.74) is 0.0736.